The van der Waals surface area contributed by atoms with E-state index in [1.807, 2.05) is 6.07 Å². The van der Waals surface area contributed by atoms with Gasteiger partial charge in [0.1, 0.15) is 29.7 Å². The van der Waals surface area contributed by atoms with Gasteiger partial charge in [0.25, 0.3) is 0 Å². The first-order chi connectivity index (χ1) is 19.8. The Balaban J connectivity index is 1.43. The van der Waals surface area contributed by atoms with E-state index in [0.717, 1.165) is 5.56 Å². The summed E-state index contributed by atoms with van der Waals surface area (Å²) in [7, 11) is 1.52. The fourth-order valence-corrected chi connectivity index (χ4v) is 4.96. The topological polar surface area (TPSA) is 104 Å². The first-order valence-corrected chi connectivity index (χ1v) is 13.3. The van der Waals surface area contributed by atoms with Crippen molar-refractivity contribution in [2.24, 2.45) is 5.73 Å². The number of methoxy groups -OCH3 is 1. The number of nitrogens with zero attached hydrogens (tertiary/aromatic N) is 1. The van der Waals surface area contributed by atoms with Gasteiger partial charge in [-0.25, -0.2) is 4.79 Å². The Hall–Kier alpha value is -4.35. The van der Waals surface area contributed by atoms with Crippen molar-refractivity contribution in [3.63, 3.8) is 0 Å². The molecule has 1 unspecified atom stereocenters. The highest BCUT2D eigenvalue weighted by molar-refractivity contribution is 6.35. The highest BCUT2D eigenvalue weighted by Crippen LogP contribution is 2.45. The highest BCUT2D eigenvalue weighted by atomic mass is 35.5. The zero-order valence-electron chi connectivity index (χ0n) is 21.5. The largest absolute Gasteiger partial charge is 0.493 e. The molecule has 4 aromatic rings. The molecule has 2 N–H and O–H groups in total. The number of carbonyl (C=O) groups is 1. The van der Waals surface area contributed by atoms with E-state index in [0.29, 0.717) is 49.0 Å². The molecule has 7 nitrogen and oxygen atoms in total. The van der Waals surface area contributed by atoms with Crippen molar-refractivity contribution >= 4 is 40.8 Å². The van der Waals surface area contributed by atoms with Crippen LogP contribution in [0.4, 0.5) is 0 Å². The van der Waals surface area contributed by atoms with Crippen molar-refractivity contribution in [2.45, 2.75) is 12.5 Å². The minimum absolute atomic E-state index is 0.0529. The Bertz CT molecular complexity index is 1710. The summed E-state index contributed by atoms with van der Waals surface area (Å²) in [5.41, 5.74) is 8.86. The molecule has 0 spiro atoms. The number of rotatable bonds is 7. The monoisotopic (exact) mass is 606 g/mol. The van der Waals surface area contributed by atoms with Crippen LogP contribution in [0.25, 0.3) is 0 Å². The smallest absolute Gasteiger partial charge is 0.343 e. The number of hydrogen-bond acceptors (Lipinski definition) is 7. The lowest BCUT2D eigenvalue weighted by molar-refractivity contribution is 0.0734. The van der Waals surface area contributed by atoms with Crippen LogP contribution in [-0.4, -0.2) is 13.1 Å². The van der Waals surface area contributed by atoms with Crippen molar-refractivity contribution in [1.82, 2.24) is 0 Å². The molecule has 0 saturated heterocycles. The van der Waals surface area contributed by atoms with Crippen LogP contribution in [0.5, 0.6) is 23.0 Å². The van der Waals surface area contributed by atoms with Crippen molar-refractivity contribution in [1.29, 1.82) is 5.26 Å². The number of fused-ring (bicyclic) bond motifs is 1. The van der Waals surface area contributed by atoms with Crippen LogP contribution in [0.3, 0.4) is 0 Å². The number of halogens is 3. The van der Waals surface area contributed by atoms with E-state index in [-0.39, 0.29) is 23.8 Å². The molecule has 0 aliphatic carbocycles. The van der Waals surface area contributed by atoms with E-state index in [2.05, 4.69) is 6.07 Å². The third kappa shape index (κ3) is 6.06. The second kappa shape index (κ2) is 12.0. The van der Waals surface area contributed by atoms with E-state index < -0.39 is 11.9 Å². The predicted molar refractivity (Wildman–Crippen MR) is 156 cm³/mol. The Morgan fingerprint density at radius 3 is 2.41 bits per heavy atom. The molecular weight excluding hydrogens is 587 g/mol. The van der Waals surface area contributed by atoms with Crippen molar-refractivity contribution in [3.8, 4) is 29.1 Å². The van der Waals surface area contributed by atoms with Crippen LogP contribution in [0.2, 0.25) is 15.1 Å². The number of nitrogens with two attached hydrogens (primary N) is 1. The molecule has 0 amide bonds. The SMILES string of the molecule is COc1cc(C2C(C#N)=C(N)Oc3cc(OC(=O)c4ccc(Cl)cc4)ccc32)ccc1OCc1ccc(Cl)cc1Cl. The van der Waals surface area contributed by atoms with Gasteiger partial charge in [0.05, 0.1) is 18.6 Å². The number of nitriles is 1. The Morgan fingerprint density at radius 2 is 1.71 bits per heavy atom. The van der Waals surface area contributed by atoms with E-state index in [4.69, 9.17) is 59.5 Å². The van der Waals surface area contributed by atoms with E-state index in [9.17, 15) is 10.1 Å². The molecule has 0 radical (unpaired) electrons. The third-order valence-corrected chi connectivity index (χ3v) is 7.24. The van der Waals surface area contributed by atoms with Gasteiger partial charge in [0.15, 0.2) is 11.5 Å². The fourth-order valence-electron chi connectivity index (χ4n) is 4.37. The molecule has 5 rings (SSSR count). The first kappa shape index (κ1) is 28.2. The van der Waals surface area contributed by atoms with Crippen LogP contribution in [0, 0.1) is 11.3 Å². The number of allylic oxidation sites excluding steroid dienone is 1. The van der Waals surface area contributed by atoms with Crippen molar-refractivity contribution in [2.75, 3.05) is 7.11 Å². The summed E-state index contributed by atoms with van der Waals surface area (Å²) in [5, 5.41) is 11.5. The van der Waals surface area contributed by atoms with E-state index in [1.165, 1.54) is 7.11 Å². The van der Waals surface area contributed by atoms with Crippen LogP contribution in [0.1, 0.15) is 33.0 Å². The van der Waals surface area contributed by atoms with Gasteiger partial charge in [-0.05, 0) is 60.2 Å². The maximum Gasteiger partial charge on any atom is 0.343 e. The summed E-state index contributed by atoms with van der Waals surface area (Å²) in [6, 6.07) is 23.9. The number of ether oxygens (including phenoxy) is 4. The molecule has 0 saturated carbocycles. The molecule has 0 aromatic heterocycles. The lowest BCUT2D eigenvalue weighted by Gasteiger charge is -2.27. The van der Waals surface area contributed by atoms with Crippen LogP contribution >= 0.6 is 34.8 Å². The quantitative estimate of drug-likeness (QED) is 0.170. The van der Waals surface area contributed by atoms with Gasteiger partial charge in [-0.3, -0.25) is 0 Å². The Kier molecular flexibility index (Phi) is 8.27. The zero-order valence-corrected chi connectivity index (χ0v) is 23.8. The van der Waals surface area contributed by atoms with E-state index in [1.54, 1.807) is 72.8 Å². The molecule has 0 fully saturated rings. The minimum atomic E-state index is -0.571. The van der Waals surface area contributed by atoms with Gasteiger partial charge in [0.2, 0.25) is 5.88 Å². The average Bonchev–Trinajstić information content (AvgIpc) is 2.96. The molecule has 10 heteroatoms. The summed E-state index contributed by atoms with van der Waals surface area (Å²) in [5.74, 6) is 0.346. The summed E-state index contributed by atoms with van der Waals surface area (Å²) >= 11 is 18.2. The van der Waals surface area contributed by atoms with Gasteiger partial charge in [-0.2, -0.15) is 5.26 Å². The van der Waals surface area contributed by atoms with Gasteiger partial charge >= 0.3 is 5.97 Å². The summed E-state index contributed by atoms with van der Waals surface area (Å²) < 4.78 is 22.9. The predicted octanol–water partition coefficient (Wildman–Crippen LogP) is 7.67. The molecule has 4 aromatic carbocycles. The van der Waals surface area contributed by atoms with Crippen LogP contribution in [-0.2, 0) is 6.61 Å². The molecular formula is C31H21Cl3N2O5. The van der Waals surface area contributed by atoms with Crippen LogP contribution < -0.4 is 24.7 Å². The Morgan fingerprint density at radius 1 is 0.951 bits per heavy atom. The van der Waals surface area contributed by atoms with Gasteiger partial charge < -0.3 is 24.7 Å². The number of benzene rings is 4. The summed E-state index contributed by atoms with van der Waals surface area (Å²) in [6.07, 6.45) is 0. The first-order valence-electron chi connectivity index (χ1n) is 12.2. The number of carbonyl (C=O) groups excluding carboxylic acids is 1. The van der Waals surface area contributed by atoms with E-state index >= 15 is 0 Å². The number of esters is 1. The van der Waals surface area contributed by atoms with Gasteiger partial charge in [0, 0.05) is 32.3 Å². The lowest BCUT2D eigenvalue weighted by atomic mass is 9.83. The number of hydrogen-bond donors (Lipinski definition) is 1. The second-order valence-electron chi connectivity index (χ2n) is 8.96. The van der Waals surface area contributed by atoms with Crippen molar-refractivity contribution < 1.29 is 23.7 Å². The molecule has 0 bridgehead atoms. The zero-order chi connectivity index (χ0) is 29.1. The van der Waals surface area contributed by atoms with Gasteiger partial charge in [-0.15, -0.1) is 0 Å². The molecule has 206 valence electrons. The van der Waals surface area contributed by atoms with Crippen molar-refractivity contribution in [3.05, 3.63) is 128 Å². The van der Waals surface area contributed by atoms with Crippen LogP contribution in [0.15, 0.2) is 90.3 Å². The second-order valence-corrected chi connectivity index (χ2v) is 10.2. The molecule has 1 heterocycles. The summed E-state index contributed by atoms with van der Waals surface area (Å²) in [4.78, 5) is 12.6. The maximum atomic E-state index is 12.6. The molecule has 1 atom stereocenters. The standard InChI is InChI=1S/C31H21Cl3N2O5/c1-38-28-12-18(5-11-26(28)39-16-19-4-8-21(33)13-25(19)34)29-23-10-9-22(14-27(23)41-30(36)24(29)15-35)40-31(37)17-2-6-20(32)7-3-17/h2-14,29H,16,36H2,1H3. The molecule has 1 aliphatic rings. The summed E-state index contributed by atoms with van der Waals surface area (Å²) in [6.45, 7) is 0.194. The lowest BCUT2D eigenvalue weighted by Crippen LogP contribution is -2.21. The van der Waals surface area contributed by atoms with Gasteiger partial charge in [-0.1, -0.05) is 53.0 Å². The highest BCUT2D eigenvalue weighted by Gasteiger charge is 2.32. The maximum absolute atomic E-state index is 12.6. The average molecular weight is 608 g/mol. The molecule has 1 aliphatic heterocycles. The fraction of sp³-hybridized carbons (Fsp3) is 0.0968. The Labute approximate surface area is 251 Å². The minimum Gasteiger partial charge on any atom is -0.493 e. The third-order valence-electron chi connectivity index (χ3n) is 6.40. The normalized spacial score (nSPS) is 14.0. The molecule has 41 heavy (non-hydrogen) atoms.